The highest BCUT2D eigenvalue weighted by atomic mass is 19.1. The van der Waals surface area contributed by atoms with E-state index >= 15 is 0 Å². The molecule has 2 atom stereocenters. The van der Waals surface area contributed by atoms with E-state index in [1.165, 1.54) is 12.1 Å². The van der Waals surface area contributed by atoms with Crippen molar-refractivity contribution in [3.8, 4) is 5.75 Å². The van der Waals surface area contributed by atoms with Crippen LogP contribution in [0.3, 0.4) is 0 Å². The number of aliphatic hydroxyl groups is 1. The van der Waals surface area contributed by atoms with E-state index in [0.717, 1.165) is 12.0 Å². The summed E-state index contributed by atoms with van der Waals surface area (Å²) in [4.78, 5) is 11.9. The zero-order valence-corrected chi connectivity index (χ0v) is 15.8. The van der Waals surface area contributed by atoms with Gasteiger partial charge in [-0.1, -0.05) is 13.0 Å². The lowest BCUT2D eigenvalue weighted by Crippen LogP contribution is -2.39. The molecule has 0 bridgehead atoms. The maximum absolute atomic E-state index is 13.5. The van der Waals surface area contributed by atoms with Gasteiger partial charge in [-0.05, 0) is 58.6 Å². The van der Waals surface area contributed by atoms with Crippen LogP contribution in [0.5, 0.6) is 5.75 Å². The van der Waals surface area contributed by atoms with Gasteiger partial charge in [0.1, 0.15) is 23.3 Å². The van der Waals surface area contributed by atoms with Crippen molar-refractivity contribution < 1.29 is 23.8 Å². The van der Waals surface area contributed by atoms with Gasteiger partial charge in [0, 0.05) is 12.1 Å². The average Bonchev–Trinajstić information content (AvgIpc) is 2.50. The molecular weight excluding hydrogens is 325 g/mol. The lowest BCUT2D eigenvalue weighted by molar-refractivity contribution is 0.0500. The van der Waals surface area contributed by atoms with E-state index in [9.17, 15) is 9.18 Å². The molecule has 1 amide bonds. The molecule has 6 heteroatoms. The van der Waals surface area contributed by atoms with E-state index in [2.05, 4.69) is 5.32 Å². The van der Waals surface area contributed by atoms with E-state index < -0.39 is 17.8 Å². The maximum Gasteiger partial charge on any atom is 0.407 e. The molecule has 1 rings (SSSR count). The number of carbonyl (C=O) groups excluding carboxylic acids is 1. The SMILES string of the molecule is CC[C@H](CCc1ccc(F)cc1O[C@@H](C)CO)NC(=O)OC(C)(C)C. The van der Waals surface area contributed by atoms with Gasteiger partial charge < -0.3 is 19.9 Å². The van der Waals surface area contributed by atoms with Crippen molar-refractivity contribution in [3.63, 3.8) is 0 Å². The third-order valence-electron chi connectivity index (χ3n) is 3.59. The number of carbonyl (C=O) groups is 1. The predicted octanol–water partition coefficient (Wildman–Crippen LogP) is 3.82. The van der Waals surface area contributed by atoms with Crippen LogP contribution in [0.1, 0.15) is 53.0 Å². The molecule has 0 aliphatic heterocycles. The summed E-state index contributed by atoms with van der Waals surface area (Å²) in [5.74, 6) is 0.0384. The third-order valence-corrected chi connectivity index (χ3v) is 3.59. The van der Waals surface area contributed by atoms with E-state index in [1.807, 2.05) is 27.7 Å². The fraction of sp³-hybridized carbons (Fsp3) is 0.632. The molecule has 1 aromatic carbocycles. The molecule has 0 aromatic heterocycles. The first-order chi connectivity index (χ1) is 11.6. The Morgan fingerprint density at radius 1 is 1.36 bits per heavy atom. The van der Waals surface area contributed by atoms with Crippen molar-refractivity contribution in [2.24, 2.45) is 0 Å². The van der Waals surface area contributed by atoms with Crippen LogP contribution in [-0.4, -0.2) is 35.6 Å². The van der Waals surface area contributed by atoms with Gasteiger partial charge in [-0.3, -0.25) is 0 Å². The quantitative estimate of drug-likeness (QED) is 0.744. The monoisotopic (exact) mass is 355 g/mol. The highest BCUT2D eigenvalue weighted by Gasteiger charge is 2.19. The van der Waals surface area contributed by atoms with Crippen molar-refractivity contribution in [2.45, 2.75) is 71.6 Å². The summed E-state index contributed by atoms with van der Waals surface area (Å²) < 4.78 is 24.3. The van der Waals surface area contributed by atoms with E-state index in [0.29, 0.717) is 18.6 Å². The van der Waals surface area contributed by atoms with Gasteiger partial charge in [0.05, 0.1) is 6.61 Å². The Bertz CT molecular complexity index is 557. The minimum atomic E-state index is -0.541. The van der Waals surface area contributed by atoms with Crippen molar-refractivity contribution in [2.75, 3.05) is 6.61 Å². The second-order valence-corrected chi connectivity index (χ2v) is 7.15. The Labute approximate surface area is 149 Å². The summed E-state index contributed by atoms with van der Waals surface area (Å²) in [6.07, 6.45) is 1.18. The van der Waals surface area contributed by atoms with Gasteiger partial charge in [-0.25, -0.2) is 9.18 Å². The first kappa shape index (κ1) is 21.2. The molecule has 0 saturated heterocycles. The molecule has 0 fully saturated rings. The van der Waals surface area contributed by atoms with Gasteiger partial charge in [0.2, 0.25) is 0 Å². The Morgan fingerprint density at radius 2 is 2.04 bits per heavy atom. The Kier molecular flexibility index (Phi) is 8.16. The highest BCUT2D eigenvalue weighted by Crippen LogP contribution is 2.23. The fourth-order valence-corrected chi connectivity index (χ4v) is 2.28. The third kappa shape index (κ3) is 8.20. The normalized spacial score (nSPS) is 13.9. The lowest BCUT2D eigenvalue weighted by atomic mass is 10.0. The molecule has 0 aliphatic rings. The first-order valence-electron chi connectivity index (χ1n) is 8.70. The molecule has 2 N–H and O–H groups in total. The number of ether oxygens (including phenoxy) is 2. The number of hydrogen-bond acceptors (Lipinski definition) is 4. The second-order valence-electron chi connectivity index (χ2n) is 7.15. The van der Waals surface area contributed by atoms with Crippen molar-refractivity contribution in [3.05, 3.63) is 29.6 Å². The molecule has 0 unspecified atom stereocenters. The lowest BCUT2D eigenvalue weighted by Gasteiger charge is -2.23. The molecule has 0 spiro atoms. The summed E-state index contributed by atoms with van der Waals surface area (Å²) in [5, 5.41) is 12.0. The van der Waals surface area contributed by atoms with Crippen LogP contribution in [0, 0.1) is 5.82 Å². The number of nitrogens with one attached hydrogen (secondary N) is 1. The number of alkyl carbamates (subject to hydrolysis) is 1. The summed E-state index contributed by atoms with van der Waals surface area (Å²) in [6.45, 7) is 9.01. The zero-order valence-electron chi connectivity index (χ0n) is 15.8. The van der Waals surface area contributed by atoms with E-state index in [-0.39, 0.29) is 18.5 Å². The topological polar surface area (TPSA) is 67.8 Å². The molecule has 0 aliphatic carbocycles. The molecule has 142 valence electrons. The van der Waals surface area contributed by atoms with Crippen LogP contribution < -0.4 is 10.1 Å². The Morgan fingerprint density at radius 3 is 2.60 bits per heavy atom. The fourth-order valence-electron chi connectivity index (χ4n) is 2.28. The summed E-state index contributed by atoms with van der Waals surface area (Å²) in [6, 6.07) is 4.33. The number of rotatable bonds is 8. The number of aryl methyl sites for hydroxylation is 1. The van der Waals surface area contributed by atoms with E-state index in [4.69, 9.17) is 14.6 Å². The summed E-state index contributed by atoms with van der Waals surface area (Å²) >= 11 is 0. The molecule has 0 heterocycles. The van der Waals surface area contributed by atoms with Crippen molar-refractivity contribution in [1.82, 2.24) is 5.32 Å². The first-order valence-corrected chi connectivity index (χ1v) is 8.70. The zero-order chi connectivity index (χ0) is 19.0. The van der Waals surface area contributed by atoms with Gasteiger partial charge in [0.25, 0.3) is 0 Å². The maximum atomic E-state index is 13.5. The molecule has 5 nitrogen and oxygen atoms in total. The molecular formula is C19H30FNO4. The Hall–Kier alpha value is -1.82. The number of amides is 1. The van der Waals surface area contributed by atoms with Crippen LogP contribution >= 0.6 is 0 Å². The second kappa shape index (κ2) is 9.61. The summed E-state index contributed by atoms with van der Waals surface area (Å²) in [7, 11) is 0. The van der Waals surface area contributed by atoms with Gasteiger partial charge in [-0.2, -0.15) is 0 Å². The number of benzene rings is 1. The molecule has 1 aromatic rings. The molecule has 0 radical (unpaired) electrons. The van der Waals surface area contributed by atoms with Gasteiger partial charge in [0.15, 0.2) is 0 Å². The molecule has 25 heavy (non-hydrogen) atoms. The number of aliphatic hydroxyl groups excluding tert-OH is 1. The van der Waals surface area contributed by atoms with Gasteiger partial charge in [-0.15, -0.1) is 0 Å². The molecule has 0 saturated carbocycles. The minimum absolute atomic E-state index is 0.0528. The largest absolute Gasteiger partial charge is 0.488 e. The Balaban J connectivity index is 2.69. The van der Waals surface area contributed by atoms with Crippen LogP contribution in [0.2, 0.25) is 0 Å². The minimum Gasteiger partial charge on any atom is -0.488 e. The predicted molar refractivity (Wildman–Crippen MR) is 95.3 cm³/mol. The number of halogens is 1. The van der Waals surface area contributed by atoms with Crippen molar-refractivity contribution >= 4 is 6.09 Å². The van der Waals surface area contributed by atoms with Crippen molar-refractivity contribution in [1.29, 1.82) is 0 Å². The van der Waals surface area contributed by atoms with Crippen LogP contribution in [0.15, 0.2) is 18.2 Å². The van der Waals surface area contributed by atoms with E-state index in [1.54, 1.807) is 13.0 Å². The van der Waals surface area contributed by atoms with Crippen LogP contribution in [-0.2, 0) is 11.2 Å². The average molecular weight is 355 g/mol. The summed E-state index contributed by atoms with van der Waals surface area (Å²) in [5.41, 5.74) is 0.298. The smallest absolute Gasteiger partial charge is 0.407 e. The van der Waals surface area contributed by atoms with Crippen LogP contribution in [0.4, 0.5) is 9.18 Å². The van der Waals surface area contributed by atoms with Gasteiger partial charge >= 0.3 is 6.09 Å². The van der Waals surface area contributed by atoms with Crippen LogP contribution in [0.25, 0.3) is 0 Å². The highest BCUT2D eigenvalue weighted by molar-refractivity contribution is 5.68. The standard InChI is InChI=1S/C19H30FNO4/c1-6-16(21-18(23)25-19(3,4)5)10-8-14-7-9-15(20)11-17(14)24-13(2)12-22/h7,9,11,13,16,22H,6,8,10,12H2,1-5H3,(H,21,23)/t13-,16+/m0/s1. The number of hydrogen-bond donors (Lipinski definition) is 2.